The Morgan fingerprint density at radius 3 is 2.74 bits per heavy atom. The minimum atomic E-state index is -0.823. The van der Waals surface area contributed by atoms with E-state index in [1.807, 2.05) is 13.0 Å². The van der Waals surface area contributed by atoms with E-state index in [1.165, 1.54) is 0 Å². The van der Waals surface area contributed by atoms with Gasteiger partial charge in [0.05, 0.1) is 17.4 Å². The number of carbonyl (C=O) groups excluding carboxylic acids is 2. The monoisotopic (exact) mass is 264 g/mol. The maximum absolute atomic E-state index is 12.2. The molecule has 1 heterocycles. The number of fused-ring (bicyclic) bond motifs is 2. The molecule has 1 aliphatic heterocycles. The van der Waals surface area contributed by atoms with Crippen LogP contribution in [0.5, 0.6) is 0 Å². The van der Waals surface area contributed by atoms with Gasteiger partial charge in [-0.15, -0.1) is 0 Å². The van der Waals surface area contributed by atoms with Crippen LogP contribution in [0.2, 0.25) is 0 Å². The molecule has 19 heavy (non-hydrogen) atoms. The number of aliphatic hydroxyl groups is 1. The topological polar surface area (TPSA) is 63.6 Å². The van der Waals surface area contributed by atoms with Crippen molar-refractivity contribution < 1.29 is 19.4 Å². The molecule has 3 rings (SSSR count). The van der Waals surface area contributed by atoms with Gasteiger partial charge in [0.15, 0.2) is 5.78 Å². The van der Waals surface area contributed by atoms with Crippen LogP contribution in [0.4, 0.5) is 0 Å². The summed E-state index contributed by atoms with van der Waals surface area (Å²) >= 11 is 0. The Morgan fingerprint density at radius 2 is 2.05 bits per heavy atom. The van der Waals surface area contributed by atoms with E-state index in [9.17, 15) is 14.7 Å². The van der Waals surface area contributed by atoms with Gasteiger partial charge < -0.3 is 9.84 Å². The molecule has 2 fully saturated rings. The summed E-state index contributed by atoms with van der Waals surface area (Å²) in [5, 5.41) is 10.8. The number of ether oxygens (including phenoxy) is 1. The van der Waals surface area contributed by atoms with E-state index in [2.05, 4.69) is 6.92 Å². The first-order chi connectivity index (χ1) is 8.87. The van der Waals surface area contributed by atoms with Crippen molar-refractivity contribution in [3.8, 4) is 0 Å². The van der Waals surface area contributed by atoms with Crippen LogP contribution in [-0.2, 0) is 14.3 Å². The van der Waals surface area contributed by atoms with Crippen molar-refractivity contribution in [2.45, 2.75) is 39.4 Å². The number of carbonyl (C=O) groups is 2. The van der Waals surface area contributed by atoms with Crippen LogP contribution in [-0.4, -0.2) is 29.1 Å². The Kier molecular flexibility index (Phi) is 2.65. The molecule has 1 unspecified atom stereocenters. The zero-order valence-corrected chi connectivity index (χ0v) is 11.5. The molecule has 0 spiro atoms. The maximum Gasteiger partial charge on any atom is 0.309 e. The number of esters is 1. The first kappa shape index (κ1) is 12.9. The first-order valence-electron chi connectivity index (χ1n) is 6.98. The predicted octanol–water partition coefficient (Wildman–Crippen LogP) is 1.33. The maximum atomic E-state index is 12.2. The fraction of sp³-hybridized carbons (Fsp3) is 0.733. The molecular weight excluding hydrogens is 244 g/mol. The highest BCUT2D eigenvalue weighted by Crippen LogP contribution is 2.53. The third-order valence-corrected chi connectivity index (χ3v) is 5.52. The number of allylic oxidation sites excluding steroid dienone is 2. The van der Waals surface area contributed by atoms with Crippen LogP contribution >= 0.6 is 0 Å². The number of rotatable bonds is 0. The van der Waals surface area contributed by atoms with Crippen molar-refractivity contribution in [1.82, 2.24) is 0 Å². The number of aliphatic hydroxyl groups excluding tert-OH is 1. The molecule has 0 bridgehead atoms. The molecule has 3 aliphatic rings. The lowest BCUT2D eigenvalue weighted by molar-refractivity contribution is -0.144. The summed E-state index contributed by atoms with van der Waals surface area (Å²) < 4.78 is 5.41. The van der Waals surface area contributed by atoms with Crippen molar-refractivity contribution in [2.75, 3.05) is 0 Å². The van der Waals surface area contributed by atoms with Gasteiger partial charge in [-0.05, 0) is 31.3 Å². The molecule has 2 aliphatic carbocycles. The fourth-order valence-electron chi connectivity index (χ4n) is 4.27. The molecule has 0 aromatic heterocycles. The van der Waals surface area contributed by atoms with Gasteiger partial charge in [-0.3, -0.25) is 9.59 Å². The van der Waals surface area contributed by atoms with Crippen LogP contribution in [0.1, 0.15) is 27.2 Å². The summed E-state index contributed by atoms with van der Waals surface area (Å²) in [7, 11) is 0. The van der Waals surface area contributed by atoms with E-state index < -0.39 is 11.5 Å². The Bertz CT molecular complexity index is 469. The zero-order chi connectivity index (χ0) is 13.9. The van der Waals surface area contributed by atoms with Gasteiger partial charge in [-0.1, -0.05) is 19.9 Å². The number of ketones is 1. The largest absolute Gasteiger partial charge is 0.462 e. The van der Waals surface area contributed by atoms with E-state index >= 15 is 0 Å². The van der Waals surface area contributed by atoms with E-state index in [-0.39, 0.29) is 41.5 Å². The molecule has 0 aromatic carbocycles. The van der Waals surface area contributed by atoms with Crippen LogP contribution in [0.25, 0.3) is 0 Å². The van der Waals surface area contributed by atoms with E-state index in [0.29, 0.717) is 0 Å². The van der Waals surface area contributed by atoms with Gasteiger partial charge in [-0.25, -0.2) is 0 Å². The molecule has 0 radical (unpaired) electrons. The molecule has 104 valence electrons. The quantitative estimate of drug-likeness (QED) is 0.670. The van der Waals surface area contributed by atoms with Crippen LogP contribution < -0.4 is 0 Å². The summed E-state index contributed by atoms with van der Waals surface area (Å²) in [4.78, 5) is 24.0. The molecule has 7 atom stereocenters. The molecule has 1 saturated heterocycles. The SMILES string of the molecule is C[C@@H]1C[C@H]2OC(=O)[C@H](C)[C@H]2[C@H](O)[C@]2(C)C(=O)C=CC12. The average molecular weight is 264 g/mol. The van der Waals surface area contributed by atoms with Crippen molar-refractivity contribution in [3.05, 3.63) is 12.2 Å². The van der Waals surface area contributed by atoms with Gasteiger partial charge >= 0.3 is 5.97 Å². The predicted molar refractivity (Wildman–Crippen MR) is 68.1 cm³/mol. The molecule has 1 saturated carbocycles. The summed E-state index contributed by atoms with van der Waals surface area (Å²) in [6.45, 7) is 5.69. The summed E-state index contributed by atoms with van der Waals surface area (Å²) in [6, 6.07) is 0. The van der Waals surface area contributed by atoms with Crippen molar-refractivity contribution >= 4 is 11.8 Å². The molecular formula is C15H20O4. The normalized spacial score (nSPS) is 52.6. The molecule has 1 N–H and O–H groups in total. The van der Waals surface area contributed by atoms with E-state index in [4.69, 9.17) is 4.74 Å². The number of hydrogen-bond donors (Lipinski definition) is 1. The highest BCUT2D eigenvalue weighted by molar-refractivity contribution is 5.98. The zero-order valence-electron chi connectivity index (χ0n) is 11.5. The summed E-state index contributed by atoms with van der Waals surface area (Å²) in [5.74, 6) is -0.627. The van der Waals surface area contributed by atoms with Crippen molar-refractivity contribution in [3.63, 3.8) is 0 Å². The van der Waals surface area contributed by atoms with Gasteiger partial charge in [0, 0.05) is 5.92 Å². The minimum Gasteiger partial charge on any atom is -0.462 e. The summed E-state index contributed by atoms with van der Waals surface area (Å²) in [5.41, 5.74) is -0.804. The Hall–Kier alpha value is -1.16. The third kappa shape index (κ3) is 1.49. The molecule has 4 heteroatoms. The fourth-order valence-corrected chi connectivity index (χ4v) is 4.27. The standard InChI is InChI=1S/C15H20O4/c1-7-6-10-12(8(2)14(18)19-10)13(17)15(3)9(7)4-5-11(15)16/h4-5,7-10,12-13,17H,6H2,1-3H3/t7-,8-,9?,10-,12-,13+,15+/m1/s1. The first-order valence-corrected chi connectivity index (χ1v) is 6.98. The Morgan fingerprint density at radius 1 is 1.37 bits per heavy atom. The lowest BCUT2D eigenvalue weighted by Gasteiger charge is -2.37. The smallest absolute Gasteiger partial charge is 0.309 e. The van der Waals surface area contributed by atoms with E-state index in [1.54, 1.807) is 13.0 Å². The van der Waals surface area contributed by atoms with Crippen LogP contribution in [0.3, 0.4) is 0 Å². The third-order valence-electron chi connectivity index (χ3n) is 5.52. The molecule has 4 nitrogen and oxygen atoms in total. The van der Waals surface area contributed by atoms with Crippen LogP contribution in [0, 0.1) is 29.1 Å². The minimum absolute atomic E-state index is 0.0240. The van der Waals surface area contributed by atoms with Gasteiger partial charge in [-0.2, -0.15) is 0 Å². The summed E-state index contributed by atoms with van der Waals surface area (Å²) in [6.07, 6.45) is 3.15. The van der Waals surface area contributed by atoms with E-state index in [0.717, 1.165) is 6.42 Å². The van der Waals surface area contributed by atoms with Gasteiger partial charge in [0.2, 0.25) is 0 Å². The number of hydrogen-bond acceptors (Lipinski definition) is 4. The van der Waals surface area contributed by atoms with Crippen LogP contribution in [0.15, 0.2) is 12.2 Å². The van der Waals surface area contributed by atoms with Crippen molar-refractivity contribution in [1.29, 1.82) is 0 Å². The Labute approximate surface area is 112 Å². The molecule has 0 amide bonds. The lowest BCUT2D eigenvalue weighted by atomic mass is 9.67. The second kappa shape index (κ2) is 3.92. The highest BCUT2D eigenvalue weighted by Gasteiger charge is 2.60. The highest BCUT2D eigenvalue weighted by atomic mass is 16.6. The average Bonchev–Trinajstić information content (AvgIpc) is 2.77. The second-order valence-corrected chi connectivity index (χ2v) is 6.53. The van der Waals surface area contributed by atoms with Gasteiger partial charge in [0.1, 0.15) is 6.10 Å². The lowest BCUT2D eigenvalue weighted by Crippen LogP contribution is -2.47. The Balaban J connectivity index is 2.06. The van der Waals surface area contributed by atoms with Crippen molar-refractivity contribution in [2.24, 2.45) is 29.1 Å². The molecule has 0 aromatic rings. The van der Waals surface area contributed by atoms with Gasteiger partial charge in [0.25, 0.3) is 0 Å². The second-order valence-electron chi connectivity index (χ2n) is 6.53.